The van der Waals surface area contributed by atoms with Crippen molar-refractivity contribution in [1.82, 2.24) is 4.98 Å². The van der Waals surface area contributed by atoms with Crippen molar-refractivity contribution in [3.63, 3.8) is 0 Å². The molecule has 1 heteroatoms. The summed E-state index contributed by atoms with van der Waals surface area (Å²) in [6.45, 7) is 0. The highest BCUT2D eigenvalue weighted by Gasteiger charge is 2.02. The van der Waals surface area contributed by atoms with Gasteiger partial charge in [-0.3, -0.25) is 0 Å². The van der Waals surface area contributed by atoms with E-state index in [0.717, 1.165) is 6.42 Å². The summed E-state index contributed by atoms with van der Waals surface area (Å²) in [7, 11) is 0. The second kappa shape index (κ2) is 4.92. The molecule has 1 heterocycles. The summed E-state index contributed by atoms with van der Waals surface area (Å²) in [5.41, 5.74) is 5.08. The summed E-state index contributed by atoms with van der Waals surface area (Å²) in [5.74, 6) is 0. The van der Waals surface area contributed by atoms with Crippen LogP contribution in [-0.2, 0) is 6.42 Å². The predicted octanol–water partition coefficient (Wildman–Crippen LogP) is 4.27. The largest absolute Gasteiger partial charge is 0.361 e. The minimum absolute atomic E-state index is 0.976. The summed E-state index contributed by atoms with van der Waals surface area (Å²) in [6, 6.07) is 23.2. The van der Waals surface area contributed by atoms with Crippen molar-refractivity contribution in [2.75, 3.05) is 0 Å². The molecule has 0 aliphatic rings. The maximum absolute atomic E-state index is 3.34. The molecule has 1 N–H and O–H groups in total. The third kappa shape index (κ3) is 2.35. The lowest BCUT2D eigenvalue weighted by atomic mass is 10.1. The molecule has 0 unspecified atom stereocenters. The number of H-pyrrole nitrogens is 1. The van der Waals surface area contributed by atoms with Crippen LogP contribution in [0.3, 0.4) is 0 Å². The molecule has 0 saturated carbocycles. The van der Waals surface area contributed by atoms with Crippen LogP contribution in [0.25, 0.3) is 11.3 Å². The monoisotopic (exact) mass is 233 g/mol. The molecule has 3 rings (SSSR count). The van der Waals surface area contributed by atoms with Crippen LogP contribution in [0.4, 0.5) is 0 Å². The molecule has 1 nitrogen and oxygen atoms in total. The van der Waals surface area contributed by atoms with Crippen LogP contribution in [0.2, 0.25) is 0 Å². The zero-order valence-electron chi connectivity index (χ0n) is 10.1. The molecule has 0 spiro atoms. The van der Waals surface area contributed by atoms with Gasteiger partial charge in [0.1, 0.15) is 0 Å². The van der Waals surface area contributed by atoms with Crippen LogP contribution in [0.15, 0.2) is 72.9 Å². The highest BCUT2D eigenvalue weighted by atomic mass is 14.7. The van der Waals surface area contributed by atoms with Crippen molar-refractivity contribution >= 4 is 0 Å². The lowest BCUT2D eigenvalue weighted by Crippen LogP contribution is -1.83. The molecular weight excluding hydrogens is 218 g/mol. The van der Waals surface area contributed by atoms with Gasteiger partial charge in [-0.05, 0) is 29.2 Å². The average molecular weight is 233 g/mol. The third-order valence-corrected chi connectivity index (χ3v) is 3.08. The van der Waals surface area contributed by atoms with Crippen LogP contribution >= 0.6 is 0 Å². The van der Waals surface area contributed by atoms with E-state index in [-0.39, 0.29) is 0 Å². The molecule has 0 atom stereocenters. The van der Waals surface area contributed by atoms with E-state index in [9.17, 15) is 0 Å². The summed E-state index contributed by atoms with van der Waals surface area (Å²) < 4.78 is 0. The zero-order valence-corrected chi connectivity index (χ0v) is 10.1. The van der Waals surface area contributed by atoms with Gasteiger partial charge in [0.05, 0.1) is 0 Å². The molecule has 88 valence electrons. The SMILES string of the molecule is c1ccc(Cc2c[nH]c(-c3ccccc3)c2)cc1. The minimum Gasteiger partial charge on any atom is -0.361 e. The molecular formula is C17H15N. The Balaban J connectivity index is 1.82. The first kappa shape index (κ1) is 10.8. The molecule has 1 aromatic heterocycles. The Morgan fingerprint density at radius 1 is 0.722 bits per heavy atom. The smallest absolute Gasteiger partial charge is 0.0456 e. The molecule has 0 radical (unpaired) electrons. The topological polar surface area (TPSA) is 15.8 Å². The maximum atomic E-state index is 3.34. The summed E-state index contributed by atoms with van der Waals surface area (Å²) in [5, 5.41) is 0. The van der Waals surface area contributed by atoms with Gasteiger partial charge < -0.3 is 4.98 Å². The number of aromatic nitrogens is 1. The van der Waals surface area contributed by atoms with Crippen LogP contribution in [0.1, 0.15) is 11.1 Å². The third-order valence-electron chi connectivity index (χ3n) is 3.08. The van der Waals surface area contributed by atoms with Gasteiger partial charge in [-0.2, -0.15) is 0 Å². The van der Waals surface area contributed by atoms with E-state index in [1.807, 2.05) is 6.07 Å². The van der Waals surface area contributed by atoms with E-state index in [1.54, 1.807) is 0 Å². The van der Waals surface area contributed by atoms with Crippen molar-refractivity contribution in [1.29, 1.82) is 0 Å². The first-order valence-corrected chi connectivity index (χ1v) is 6.18. The normalized spacial score (nSPS) is 10.4. The first-order valence-electron chi connectivity index (χ1n) is 6.18. The van der Waals surface area contributed by atoms with Crippen molar-refractivity contribution in [3.05, 3.63) is 84.1 Å². The maximum Gasteiger partial charge on any atom is 0.0456 e. The number of aromatic amines is 1. The molecule has 0 saturated heterocycles. The fraction of sp³-hybridized carbons (Fsp3) is 0.0588. The number of rotatable bonds is 3. The predicted molar refractivity (Wildman–Crippen MR) is 75.5 cm³/mol. The Morgan fingerprint density at radius 2 is 1.39 bits per heavy atom. The fourth-order valence-corrected chi connectivity index (χ4v) is 2.16. The van der Waals surface area contributed by atoms with Gasteiger partial charge in [-0.25, -0.2) is 0 Å². The Bertz CT molecular complexity index is 608. The summed E-state index contributed by atoms with van der Waals surface area (Å²) in [4.78, 5) is 3.34. The van der Waals surface area contributed by atoms with E-state index >= 15 is 0 Å². The average Bonchev–Trinajstić information content (AvgIpc) is 2.89. The van der Waals surface area contributed by atoms with E-state index in [4.69, 9.17) is 0 Å². The minimum atomic E-state index is 0.976. The van der Waals surface area contributed by atoms with Crippen LogP contribution in [-0.4, -0.2) is 4.98 Å². The Morgan fingerprint density at radius 3 is 2.11 bits per heavy atom. The highest BCUT2D eigenvalue weighted by Crippen LogP contribution is 2.20. The van der Waals surface area contributed by atoms with Crippen molar-refractivity contribution in [3.8, 4) is 11.3 Å². The van der Waals surface area contributed by atoms with E-state index < -0.39 is 0 Å². The van der Waals surface area contributed by atoms with Crippen molar-refractivity contribution in [2.45, 2.75) is 6.42 Å². The number of benzene rings is 2. The standard InChI is InChI=1S/C17H15N/c1-3-7-14(8-4-1)11-15-12-17(18-13-15)16-9-5-2-6-10-16/h1-10,12-13,18H,11H2. The van der Waals surface area contributed by atoms with E-state index in [1.165, 1.54) is 22.4 Å². The van der Waals surface area contributed by atoms with Gasteiger partial charge >= 0.3 is 0 Å². The second-order valence-corrected chi connectivity index (χ2v) is 4.45. The van der Waals surface area contributed by atoms with Gasteiger partial charge in [0.15, 0.2) is 0 Å². The van der Waals surface area contributed by atoms with Gasteiger partial charge in [0.2, 0.25) is 0 Å². The first-order chi connectivity index (χ1) is 8.92. The van der Waals surface area contributed by atoms with Crippen molar-refractivity contribution in [2.24, 2.45) is 0 Å². The lowest BCUT2D eigenvalue weighted by Gasteiger charge is -1.97. The molecule has 18 heavy (non-hydrogen) atoms. The summed E-state index contributed by atoms with van der Waals surface area (Å²) >= 11 is 0. The second-order valence-electron chi connectivity index (χ2n) is 4.45. The number of hydrogen-bond acceptors (Lipinski definition) is 0. The number of hydrogen-bond donors (Lipinski definition) is 1. The molecule has 0 bridgehead atoms. The Kier molecular flexibility index (Phi) is 2.97. The molecule has 2 aromatic carbocycles. The van der Waals surface area contributed by atoms with Crippen LogP contribution in [0.5, 0.6) is 0 Å². The van der Waals surface area contributed by atoms with Gasteiger partial charge in [-0.15, -0.1) is 0 Å². The molecule has 0 aliphatic carbocycles. The molecule has 3 aromatic rings. The summed E-state index contributed by atoms with van der Waals surface area (Å²) in [6.07, 6.45) is 3.07. The molecule has 0 aliphatic heterocycles. The van der Waals surface area contributed by atoms with Gasteiger partial charge in [0, 0.05) is 11.9 Å². The van der Waals surface area contributed by atoms with Gasteiger partial charge in [0.25, 0.3) is 0 Å². The number of nitrogens with one attached hydrogen (secondary N) is 1. The quantitative estimate of drug-likeness (QED) is 0.695. The molecule has 0 amide bonds. The van der Waals surface area contributed by atoms with E-state index in [2.05, 4.69) is 71.8 Å². The molecule has 0 fully saturated rings. The van der Waals surface area contributed by atoms with E-state index in [0.29, 0.717) is 0 Å². The fourth-order valence-electron chi connectivity index (χ4n) is 2.16. The highest BCUT2D eigenvalue weighted by molar-refractivity contribution is 5.60. The van der Waals surface area contributed by atoms with Crippen molar-refractivity contribution < 1.29 is 0 Å². The van der Waals surface area contributed by atoms with Crippen LogP contribution < -0.4 is 0 Å². The van der Waals surface area contributed by atoms with Gasteiger partial charge in [-0.1, -0.05) is 60.7 Å². The Hall–Kier alpha value is -2.28. The zero-order chi connectivity index (χ0) is 12.2. The lowest BCUT2D eigenvalue weighted by molar-refractivity contribution is 1.20. The van der Waals surface area contributed by atoms with Crippen LogP contribution in [0, 0.1) is 0 Å². The Labute approximate surface area is 107 Å².